The van der Waals surface area contributed by atoms with Gasteiger partial charge in [-0.1, -0.05) is 0 Å². The fraction of sp³-hybridized carbons (Fsp3) is 0.667. The number of aromatic nitrogens is 3. The van der Waals surface area contributed by atoms with Crippen LogP contribution in [0, 0.1) is 6.92 Å². The Bertz CT molecular complexity index is 238. The largest absolute Gasteiger partial charge is 0.345 e. The highest BCUT2D eigenvalue weighted by atomic mass is 19.3. The van der Waals surface area contributed by atoms with Crippen LogP contribution in [0.1, 0.15) is 5.82 Å². The van der Waals surface area contributed by atoms with Gasteiger partial charge in [-0.15, -0.1) is 0 Å². The molecule has 6 heteroatoms. The first-order valence-electron chi connectivity index (χ1n) is 3.44. The lowest BCUT2D eigenvalue weighted by Crippen LogP contribution is -2.11. The first-order valence-corrected chi connectivity index (χ1v) is 3.44. The second-order valence-corrected chi connectivity index (χ2v) is 2.16. The predicted octanol–water partition coefficient (Wildman–Crippen LogP) is 0.826. The summed E-state index contributed by atoms with van der Waals surface area (Å²) in [6.45, 7) is -0.721. The topological polar surface area (TPSA) is 39.9 Å². The van der Waals surface area contributed by atoms with Crippen molar-refractivity contribution in [3.63, 3.8) is 0 Å². The van der Waals surface area contributed by atoms with E-state index in [1.807, 2.05) is 0 Å². The summed E-state index contributed by atoms with van der Waals surface area (Å²) in [6, 6.07) is 0. The Labute approximate surface area is 68.2 Å². The smallest absolute Gasteiger partial charge is 0.321 e. The van der Waals surface area contributed by atoms with Crippen molar-refractivity contribution in [3.05, 3.63) is 12.2 Å². The van der Waals surface area contributed by atoms with Gasteiger partial charge < -0.3 is 4.74 Å². The molecule has 1 aromatic heterocycles. The highest BCUT2D eigenvalue weighted by Crippen LogP contribution is 1.96. The molecule has 0 unspecified atom stereocenters. The van der Waals surface area contributed by atoms with Crippen molar-refractivity contribution in [2.24, 2.45) is 0 Å². The molecular formula is C6H9F2N3O. The summed E-state index contributed by atoms with van der Waals surface area (Å²) in [7, 11) is 0. The molecule has 1 rings (SSSR count). The van der Waals surface area contributed by atoms with Crippen molar-refractivity contribution in [2.45, 2.75) is 20.1 Å². The quantitative estimate of drug-likeness (QED) is 0.683. The molecule has 1 heterocycles. The minimum atomic E-state index is -2.71. The second kappa shape index (κ2) is 4.10. The number of rotatable bonds is 4. The first-order chi connectivity index (χ1) is 5.70. The fourth-order valence-electron chi connectivity index (χ4n) is 0.770. The van der Waals surface area contributed by atoms with E-state index in [1.54, 1.807) is 6.92 Å². The van der Waals surface area contributed by atoms with Crippen molar-refractivity contribution in [1.82, 2.24) is 14.8 Å². The van der Waals surface area contributed by atoms with E-state index in [9.17, 15) is 8.78 Å². The molecule has 0 saturated heterocycles. The van der Waals surface area contributed by atoms with Gasteiger partial charge in [-0.2, -0.15) is 13.9 Å². The zero-order valence-electron chi connectivity index (χ0n) is 6.57. The van der Waals surface area contributed by atoms with Gasteiger partial charge >= 0.3 is 6.61 Å². The van der Waals surface area contributed by atoms with Gasteiger partial charge in [-0.05, 0) is 6.92 Å². The second-order valence-electron chi connectivity index (χ2n) is 2.16. The molecule has 0 aliphatic heterocycles. The van der Waals surface area contributed by atoms with Crippen LogP contribution in [0.2, 0.25) is 0 Å². The molecule has 0 amide bonds. The maximum atomic E-state index is 11.5. The van der Waals surface area contributed by atoms with Crippen LogP contribution in [-0.2, 0) is 11.3 Å². The molecule has 0 saturated carbocycles. The highest BCUT2D eigenvalue weighted by molar-refractivity contribution is 4.77. The van der Waals surface area contributed by atoms with Gasteiger partial charge in [0.05, 0.1) is 13.2 Å². The van der Waals surface area contributed by atoms with Gasteiger partial charge in [0.2, 0.25) is 0 Å². The molecule has 68 valence electrons. The number of halogens is 2. The van der Waals surface area contributed by atoms with Crippen molar-refractivity contribution < 1.29 is 13.5 Å². The van der Waals surface area contributed by atoms with Gasteiger partial charge in [0, 0.05) is 0 Å². The van der Waals surface area contributed by atoms with Crippen molar-refractivity contribution in [3.8, 4) is 0 Å². The lowest BCUT2D eigenvalue weighted by atomic mass is 10.6. The first kappa shape index (κ1) is 9.05. The molecule has 0 aromatic carbocycles. The number of hydrogen-bond acceptors (Lipinski definition) is 3. The van der Waals surface area contributed by atoms with E-state index in [4.69, 9.17) is 0 Å². The summed E-state index contributed by atoms with van der Waals surface area (Å²) >= 11 is 0. The SMILES string of the molecule is Cc1ncnn1CCOC(F)F. The lowest BCUT2D eigenvalue weighted by molar-refractivity contribution is -0.130. The van der Waals surface area contributed by atoms with Crippen molar-refractivity contribution in [1.29, 1.82) is 0 Å². The van der Waals surface area contributed by atoms with E-state index >= 15 is 0 Å². The Balaban J connectivity index is 2.29. The van der Waals surface area contributed by atoms with Crippen molar-refractivity contribution in [2.75, 3.05) is 6.61 Å². The minimum absolute atomic E-state index is 0.0537. The molecule has 12 heavy (non-hydrogen) atoms. The molecule has 0 atom stereocenters. The molecule has 0 radical (unpaired) electrons. The monoisotopic (exact) mass is 177 g/mol. The Hall–Kier alpha value is -1.04. The van der Waals surface area contributed by atoms with Crippen LogP contribution in [0.3, 0.4) is 0 Å². The lowest BCUT2D eigenvalue weighted by Gasteiger charge is -2.03. The summed E-state index contributed by atoms with van der Waals surface area (Å²) < 4.78 is 28.5. The van der Waals surface area contributed by atoms with E-state index in [0.717, 1.165) is 0 Å². The zero-order valence-corrected chi connectivity index (χ0v) is 6.57. The van der Waals surface area contributed by atoms with E-state index in [0.29, 0.717) is 12.4 Å². The van der Waals surface area contributed by atoms with Gasteiger partial charge in [0.25, 0.3) is 0 Å². The van der Waals surface area contributed by atoms with Crippen LogP contribution in [0.4, 0.5) is 8.78 Å². The summed E-state index contributed by atoms with van der Waals surface area (Å²) in [5.41, 5.74) is 0. The Morgan fingerprint density at radius 2 is 2.42 bits per heavy atom. The van der Waals surface area contributed by atoms with Gasteiger partial charge in [-0.3, -0.25) is 0 Å². The van der Waals surface area contributed by atoms with Gasteiger partial charge in [0.15, 0.2) is 0 Å². The number of hydrogen-bond donors (Lipinski definition) is 0. The maximum Gasteiger partial charge on any atom is 0.345 e. The third kappa shape index (κ3) is 2.54. The molecule has 0 bridgehead atoms. The molecule has 0 fully saturated rings. The standard InChI is InChI=1S/C6H9F2N3O/c1-5-9-4-10-11(5)2-3-12-6(7)8/h4,6H,2-3H2,1H3. The molecular weight excluding hydrogens is 168 g/mol. The Morgan fingerprint density at radius 3 is 2.92 bits per heavy atom. The average molecular weight is 177 g/mol. The summed E-state index contributed by atoms with van der Waals surface area (Å²) in [5.74, 6) is 0.688. The minimum Gasteiger partial charge on any atom is -0.321 e. The molecule has 0 aliphatic rings. The Kier molecular flexibility index (Phi) is 3.09. The van der Waals surface area contributed by atoms with Crippen LogP contribution in [0.5, 0.6) is 0 Å². The normalized spacial score (nSPS) is 11.0. The number of ether oxygens (including phenoxy) is 1. The van der Waals surface area contributed by atoms with E-state index in [-0.39, 0.29) is 6.61 Å². The molecule has 0 aliphatic carbocycles. The van der Waals surface area contributed by atoms with Crippen LogP contribution in [-0.4, -0.2) is 28.0 Å². The van der Waals surface area contributed by atoms with Crippen LogP contribution < -0.4 is 0 Å². The zero-order chi connectivity index (χ0) is 8.97. The summed E-state index contributed by atoms with van der Waals surface area (Å²) in [4.78, 5) is 3.82. The third-order valence-electron chi connectivity index (χ3n) is 1.36. The highest BCUT2D eigenvalue weighted by Gasteiger charge is 2.02. The predicted molar refractivity (Wildman–Crippen MR) is 36.7 cm³/mol. The maximum absolute atomic E-state index is 11.5. The summed E-state index contributed by atoms with van der Waals surface area (Å²) in [6.07, 6.45) is 1.37. The summed E-state index contributed by atoms with van der Waals surface area (Å²) in [5, 5.41) is 3.79. The molecule has 0 N–H and O–H groups in total. The van der Waals surface area contributed by atoms with E-state index < -0.39 is 6.61 Å². The van der Waals surface area contributed by atoms with Crippen LogP contribution in [0.25, 0.3) is 0 Å². The average Bonchev–Trinajstić information content (AvgIpc) is 2.36. The van der Waals surface area contributed by atoms with Crippen LogP contribution in [0.15, 0.2) is 6.33 Å². The Morgan fingerprint density at radius 1 is 1.67 bits per heavy atom. The third-order valence-corrected chi connectivity index (χ3v) is 1.36. The van der Waals surface area contributed by atoms with Crippen molar-refractivity contribution >= 4 is 0 Å². The number of aryl methyl sites for hydroxylation is 1. The number of alkyl halides is 2. The molecule has 4 nitrogen and oxygen atoms in total. The van der Waals surface area contributed by atoms with Gasteiger partial charge in [0.1, 0.15) is 12.2 Å². The van der Waals surface area contributed by atoms with E-state index in [2.05, 4.69) is 14.8 Å². The molecule has 1 aromatic rings. The van der Waals surface area contributed by atoms with E-state index in [1.165, 1.54) is 11.0 Å². The van der Waals surface area contributed by atoms with Gasteiger partial charge in [-0.25, -0.2) is 9.67 Å². The van der Waals surface area contributed by atoms with Crippen LogP contribution >= 0.6 is 0 Å². The molecule has 0 spiro atoms. The fourth-order valence-corrected chi connectivity index (χ4v) is 0.770. The number of nitrogens with zero attached hydrogens (tertiary/aromatic N) is 3.